The number of ether oxygens (including phenoxy) is 1. The zero-order valence-corrected chi connectivity index (χ0v) is 13.8. The van der Waals surface area contributed by atoms with Crippen LogP contribution in [-0.2, 0) is 0 Å². The summed E-state index contributed by atoms with van der Waals surface area (Å²) in [4.78, 5) is 9.00. The third-order valence-corrected chi connectivity index (χ3v) is 3.48. The van der Waals surface area contributed by atoms with Crippen molar-refractivity contribution in [1.29, 1.82) is 0 Å². The van der Waals surface area contributed by atoms with Crippen molar-refractivity contribution >= 4 is 28.4 Å². The van der Waals surface area contributed by atoms with E-state index in [4.69, 9.17) is 4.74 Å². The summed E-state index contributed by atoms with van der Waals surface area (Å²) < 4.78 is 6.54. The smallest absolute Gasteiger partial charge is 0.161 e. The van der Waals surface area contributed by atoms with Crippen molar-refractivity contribution < 1.29 is 4.74 Å². The van der Waals surface area contributed by atoms with Gasteiger partial charge in [-0.05, 0) is 48.1 Å². The van der Waals surface area contributed by atoms with Crippen LogP contribution in [0.5, 0.6) is 5.75 Å². The Hall–Kier alpha value is -1.37. The van der Waals surface area contributed by atoms with Crippen molar-refractivity contribution in [1.82, 2.24) is 9.97 Å². The van der Waals surface area contributed by atoms with E-state index >= 15 is 0 Å². The van der Waals surface area contributed by atoms with Crippen LogP contribution in [0.1, 0.15) is 20.3 Å². The first-order chi connectivity index (χ1) is 9.74. The van der Waals surface area contributed by atoms with Crippen molar-refractivity contribution in [3.63, 3.8) is 0 Å². The molecule has 20 heavy (non-hydrogen) atoms. The largest absolute Gasteiger partial charge is 0.494 e. The van der Waals surface area contributed by atoms with Crippen LogP contribution < -0.4 is 10.1 Å². The summed E-state index contributed by atoms with van der Waals surface area (Å²) >= 11 is 2.24. The Balaban J connectivity index is 2.30. The van der Waals surface area contributed by atoms with Crippen molar-refractivity contribution in [2.24, 2.45) is 0 Å². The maximum Gasteiger partial charge on any atom is 0.161 e. The topological polar surface area (TPSA) is 47.0 Å². The highest BCUT2D eigenvalue weighted by Gasteiger charge is 2.07. The Morgan fingerprint density at radius 3 is 2.90 bits per heavy atom. The maximum absolute atomic E-state index is 5.51. The highest BCUT2D eigenvalue weighted by atomic mass is 127. The summed E-state index contributed by atoms with van der Waals surface area (Å²) in [5.41, 5.74) is 0.965. The van der Waals surface area contributed by atoms with Gasteiger partial charge in [-0.1, -0.05) is 19.1 Å². The maximum atomic E-state index is 5.51. The standard InChI is InChI=1S/C15H18IN3O/c1-3-8-17-15-13(16)10-18-14(19-15)11-6-5-7-12(9-11)20-4-2/h5-7,9-10H,3-4,8H2,1-2H3,(H,17,18,19). The fourth-order valence-electron chi connectivity index (χ4n) is 1.77. The van der Waals surface area contributed by atoms with Crippen LogP contribution >= 0.6 is 22.6 Å². The number of nitrogens with zero attached hydrogens (tertiary/aromatic N) is 2. The fraction of sp³-hybridized carbons (Fsp3) is 0.333. The number of rotatable bonds is 6. The molecule has 2 rings (SSSR count). The predicted octanol–water partition coefficient (Wildman–Crippen LogP) is 3.97. The second-order valence-corrected chi connectivity index (χ2v) is 5.44. The second-order valence-electron chi connectivity index (χ2n) is 4.28. The molecule has 4 nitrogen and oxygen atoms in total. The lowest BCUT2D eigenvalue weighted by atomic mass is 10.2. The summed E-state index contributed by atoms with van der Waals surface area (Å²) in [6.07, 6.45) is 2.91. The Labute approximate surface area is 133 Å². The van der Waals surface area contributed by atoms with Crippen LogP contribution in [0.2, 0.25) is 0 Å². The van der Waals surface area contributed by atoms with Crippen molar-refractivity contribution in [3.05, 3.63) is 34.0 Å². The molecule has 0 saturated carbocycles. The van der Waals surface area contributed by atoms with E-state index in [-0.39, 0.29) is 0 Å². The van der Waals surface area contributed by atoms with Crippen LogP contribution in [0.25, 0.3) is 11.4 Å². The van der Waals surface area contributed by atoms with Crippen LogP contribution in [0.15, 0.2) is 30.5 Å². The third-order valence-electron chi connectivity index (χ3n) is 2.69. The monoisotopic (exact) mass is 383 g/mol. The van der Waals surface area contributed by atoms with E-state index in [0.29, 0.717) is 12.4 Å². The number of nitrogens with one attached hydrogen (secondary N) is 1. The minimum absolute atomic E-state index is 0.653. The number of halogens is 1. The van der Waals surface area contributed by atoms with Gasteiger partial charge in [-0.15, -0.1) is 0 Å². The molecular formula is C15H18IN3O. The molecule has 0 unspecified atom stereocenters. The quantitative estimate of drug-likeness (QED) is 0.767. The van der Waals surface area contributed by atoms with Gasteiger partial charge in [-0.3, -0.25) is 0 Å². The minimum Gasteiger partial charge on any atom is -0.494 e. The molecule has 0 aliphatic carbocycles. The fourth-order valence-corrected chi connectivity index (χ4v) is 2.22. The summed E-state index contributed by atoms with van der Waals surface area (Å²) in [6.45, 7) is 5.67. The van der Waals surface area contributed by atoms with Gasteiger partial charge in [0.1, 0.15) is 11.6 Å². The van der Waals surface area contributed by atoms with Gasteiger partial charge in [0, 0.05) is 18.3 Å². The van der Waals surface area contributed by atoms with Crippen molar-refractivity contribution in [3.8, 4) is 17.1 Å². The summed E-state index contributed by atoms with van der Waals surface area (Å²) in [5.74, 6) is 2.44. The average molecular weight is 383 g/mol. The SMILES string of the molecule is CCCNc1nc(-c2cccc(OCC)c2)ncc1I. The molecule has 1 N–H and O–H groups in total. The molecule has 106 valence electrons. The molecule has 0 saturated heterocycles. The zero-order chi connectivity index (χ0) is 14.4. The van der Waals surface area contributed by atoms with E-state index in [0.717, 1.165) is 33.7 Å². The van der Waals surface area contributed by atoms with E-state index in [1.807, 2.05) is 37.4 Å². The molecular weight excluding hydrogens is 365 g/mol. The van der Waals surface area contributed by atoms with Crippen molar-refractivity contribution in [2.75, 3.05) is 18.5 Å². The first kappa shape index (κ1) is 15.0. The molecule has 0 atom stereocenters. The van der Waals surface area contributed by atoms with Crippen LogP contribution in [-0.4, -0.2) is 23.1 Å². The van der Waals surface area contributed by atoms with Gasteiger partial charge in [-0.25, -0.2) is 9.97 Å². The number of hydrogen-bond donors (Lipinski definition) is 1. The zero-order valence-electron chi connectivity index (χ0n) is 11.7. The number of anilines is 1. The minimum atomic E-state index is 0.653. The first-order valence-corrected chi connectivity index (χ1v) is 7.82. The second kappa shape index (κ2) is 7.42. The third kappa shape index (κ3) is 3.82. The Bertz CT molecular complexity index is 575. The van der Waals surface area contributed by atoms with Crippen LogP contribution in [0.4, 0.5) is 5.82 Å². The summed E-state index contributed by atoms with van der Waals surface area (Å²) in [6, 6.07) is 7.86. The van der Waals surface area contributed by atoms with E-state index in [1.165, 1.54) is 0 Å². The van der Waals surface area contributed by atoms with Crippen LogP contribution in [0, 0.1) is 3.57 Å². The van der Waals surface area contributed by atoms with Gasteiger partial charge in [0.15, 0.2) is 5.82 Å². The van der Waals surface area contributed by atoms with Gasteiger partial charge in [-0.2, -0.15) is 0 Å². The molecule has 0 aliphatic heterocycles. The number of aromatic nitrogens is 2. The molecule has 0 fully saturated rings. The molecule has 5 heteroatoms. The molecule has 0 aliphatic rings. The van der Waals surface area contributed by atoms with E-state index < -0.39 is 0 Å². The Morgan fingerprint density at radius 1 is 1.30 bits per heavy atom. The predicted molar refractivity (Wildman–Crippen MR) is 90.1 cm³/mol. The molecule has 0 bridgehead atoms. The highest BCUT2D eigenvalue weighted by molar-refractivity contribution is 14.1. The molecule has 0 amide bonds. The Morgan fingerprint density at radius 2 is 2.15 bits per heavy atom. The Kier molecular flexibility index (Phi) is 5.58. The van der Waals surface area contributed by atoms with E-state index in [2.05, 4.69) is 44.8 Å². The van der Waals surface area contributed by atoms with Gasteiger partial charge in [0.2, 0.25) is 0 Å². The molecule has 0 spiro atoms. The average Bonchev–Trinajstić information content (AvgIpc) is 2.47. The first-order valence-electron chi connectivity index (χ1n) is 6.74. The molecule has 2 aromatic rings. The molecule has 0 radical (unpaired) electrons. The van der Waals surface area contributed by atoms with Gasteiger partial charge in [0.25, 0.3) is 0 Å². The summed E-state index contributed by atoms with van der Waals surface area (Å²) in [5, 5.41) is 3.32. The van der Waals surface area contributed by atoms with Crippen molar-refractivity contribution in [2.45, 2.75) is 20.3 Å². The van der Waals surface area contributed by atoms with E-state index in [1.54, 1.807) is 0 Å². The molecule has 1 aromatic heterocycles. The van der Waals surface area contributed by atoms with Gasteiger partial charge in [0.05, 0.1) is 10.2 Å². The van der Waals surface area contributed by atoms with E-state index in [9.17, 15) is 0 Å². The highest BCUT2D eigenvalue weighted by Crippen LogP contribution is 2.23. The lowest BCUT2D eigenvalue weighted by Crippen LogP contribution is -2.05. The normalized spacial score (nSPS) is 10.3. The lowest BCUT2D eigenvalue weighted by Gasteiger charge is -2.09. The van der Waals surface area contributed by atoms with Gasteiger partial charge >= 0.3 is 0 Å². The molecule has 1 heterocycles. The lowest BCUT2D eigenvalue weighted by molar-refractivity contribution is 0.340. The number of hydrogen-bond acceptors (Lipinski definition) is 4. The molecule has 1 aromatic carbocycles. The van der Waals surface area contributed by atoms with Gasteiger partial charge < -0.3 is 10.1 Å². The summed E-state index contributed by atoms with van der Waals surface area (Å²) in [7, 11) is 0. The van der Waals surface area contributed by atoms with Crippen LogP contribution in [0.3, 0.4) is 0 Å². The number of benzene rings is 1.